The van der Waals surface area contributed by atoms with Gasteiger partial charge in [-0.3, -0.25) is 0 Å². The van der Waals surface area contributed by atoms with E-state index in [1.54, 1.807) is 0 Å². The van der Waals surface area contributed by atoms with Crippen molar-refractivity contribution in [2.45, 2.75) is 37.9 Å². The van der Waals surface area contributed by atoms with Gasteiger partial charge in [-0.05, 0) is 25.7 Å². The topological polar surface area (TPSA) is 41.6 Å². The van der Waals surface area contributed by atoms with E-state index in [1.165, 1.54) is 4.90 Å². The fourth-order valence-electron chi connectivity index (χ4n) is 2.52. The van der Waals surface area contributed by atoms with Gasteiger partial charge in [-0.2, -0.15) is 13.2 Å². The van der Waals surface area contributed by atoms with Gasteiger partial charge in [0.2, 0.25) is 0 Å². The molecule has 0 radical (unpaired) electrons. The molecule has 2 aliphatic heterocycles. The lowest BCUT2D eigenvalue weighted by Crippen LogP contribution is -2.50. The summed E-state index contributed by atoms with van der Waals surface area (Å²) in [5.41, 5.74) is 0. The molecule has 110 valence electrons. The van der Waals surface area contributed by atoms with Crippen molar-refractivity contribution >= 4 is 6.03 Å². The summed E-state index contributed by atoms with van der Waals surface area (Å²) in [7, 11) is 0. The SMILES string of the molecule is O=C(NC1CCOCC1)N1CCC(C(F)(F)F)CC1. The van der Waals surface area contributed by atoms with Crippen molar-refractivity contribution in [1.82, 2.24) is 10.2 Å². The van der Waals surface area contributed by atoms with E-state index in [4.69, 9.17) is 4.74 Å². The lowest BCUT2D eigenvalue weighted by Gasteiger charge is -2.34. The Hall–Kier alpha value is -0.980. The molecular weight excluding hydrogens is 261 g/mol. The second kappa shape index (κ2) is 5.98. The number of likely N-dealkylation sites (tertiary alicyclic amines) is 1. The number of carbonyl (C=O) groups is 1. The van der Waals surface area contributed by atoms with Crippen LogP contribution < -0.4 is 5.32 Å². The van der Waals surface area contributed by atoms with Crippen LogP contribution in [0.3, 0.4) is 0 Å². The molecule has 0 aliphatic carbocycles. The Morgan fingerprint density at radius 2 is 1.68 bits per heavy atom. The van der Waals surface area contributed by atoms with Crippen LogP contribution in [-0.4, -0.2) is 49.5 Å². The maximum atomic E-state index is 12.5. The molecule has 2 heterocycles. The van der Waals surface area contributed by atoms with Gasteiger partial charge in [-0.25, -0.2) is 4.79 Å². The first kappa shape index (κ1) is 14.4. The van der Waals surface area contributed by atoms with Gasteiger partial charge in [0, 0.05) is 32.3 Å². The fourth-order valence-corrected chi connectivity index (χ4v) is 2.52. The zero-order valence-electron chi connectivity index (χ0n) is 10.7. The monoisotopic (exact) mass is 280 g/mol. The van der Waals surface area contributed by atoms with E-state index in [9.17, 15) is 18.0 Å². The molecule has 2 amide bonds. The number of nitrogens with one attached hydrogen (secondary N) is 1. The molecule has 2 saturated heterocycles. The molecule has 1 N–H and O–H groups in total. The molecule has 2 aliphatic rings. The van der Waals surface area contributed by atoms with Crippen LogP contribution in [0.4, 0.5) is 18.0 Å². The van der Waals surface area contributed by atoms with E-state index in [-0.39, 0.29) is 38.0 Å². The minimum Gasteiger partial charge on any atom is -0.381 e. The summed E-state index contributed by atoms with van der Waals surface area (Å²) in [5, 5.41) is 2.87. The number of piperidine rings is 1. The summed E-state index contributed by atoms with van der Waals surface area (Å²) in [6.07, 6.45) is -2.59. The van der Waals surface area contributed by atoms with Crippen molar-refractivity contribution in [2.75, 3.05) is 26.3 Å². The maximum absolute atomic E-state index is 12.5. The molecule has 19 heavy (non-hydrogen) atoms. The third-order valence-corrected chi connectivity index (χ3v) is 3.79. The summed E-state index contributed by atoms with van der Waals surface area (Å²) in [5.74, 6) is -1.26. The van der Waals surface area contributed by atoms with E-state index in [1.807, 2.05) is 0 Å². The quantitative estimate of drug-likeness (QED) is 0.799. The largest absolute Gasteiger partial charge is 0.391 e. The zero-order chi connectivity index (χ0) is 13.9. The number of urea groups is 1. The van der Waals surface area contributed by atoms with Crippen molar-refractivity contribution in [2.24, 2.45) is 5.92 Å². The van der Waals surface area contributed by atoms with Crippen LogP contribution in [0.5, 0.6) is 0 Å². The summed E-state index contributed by atoms with van der Waals surface area (Å²) in [6, 6.07) is -0.158. The van der Waals surface area contributed by atoms with Crippen LogP contribution in [0, 0.1) is 5.92 Å². The summed E-state index contributed by atoms with van der Waals surface area (Å²) in [4.78, 5) is 13.4. The normalized spacial score (nSPS) is 23.4. The molecule has 0 aromatic rings. The predicted octanol–water partition coefficient (Wildman–Crippen LogP) is 2.15. The molecule has 4 nitrogen and oxygen atoms in total. The van der Waals surface area contributed by atoms with E-state index < -0.39 is 12.1 Å². The van der Waals surface area contributed by atoms with Crippen molar-refractivity contribution in [3.8, 4) is 0 Å². The molecule has 2 fully saturated rings. The highest BCUT2D eigenvalue weighted by Crippen LogP contribution is 2.34. The number of nitrogens with zero attached hydrogens (tertiary/aromatic N) is 1. The first-order valence-corrected chi connectivity index (χ1v) is 6.66. The number of hydrogen-bond donors (Lipinski definition) is 1. The Kier molecular flexibility index (Phi) is 4.54. The maximum Gasteiger partial charge on any atom is 0.391 e. The molecule has 0 bridgehead atoms. The number of alkyl halides is 3. The molecular formula is C12H19F3N2O2. The lowest BCUT2D eigenvalue weighted by atomic mass is 9.96. The van der Waals surface area contributed by atoms with Crippen molar-refractivity contribution in [3.05, 3.63) is 0 Å². The standard InChI is InChI=1S/C12H19F3N2O2/c13-12(14,15)9-1-5-17(6-2-9)11(18)16-10-3-7-19-8-4-10/h9-10H,1-8H2,(H,16,18). The minimum absolute atomic E-state index is 0.00466. The van der Waals surface area contributed by atoms with E-state index >= 15 is 0 Å². The van der Waals surface area contributed by atoms with Crippen molar-refractivity contribution < 1.29 is 22.7 Å². The van der Waals surface area contributed by atoms with Gasteiger partial charge in [0.25, 0.3) is 0 Å². The molecule has 2 rings (SSSR count). The Morgan fingerprint density at radius 3 is 2.21 bits per heavy atom. The number of hydrogen-bond acceptors (Lipinski definition) is 2. The van der Waals surface area contributed by atoms with Gasteiger partial charge in [-0.15, -0.1) is 0 Å². The molecule has 0 saturated carbocycles. The second-order valence-electron chi connectivity index (χ2n) is 5.14. The highest BCUT2D eigenvalue weighted by atomic mass is 19.4. The van der Waals surface area contributed by atoms with Crippen molar-refractivity contribution in [1.29, 1.82) is 0 Å². The van der Waals surface area contributed by atoms with E-state index in [2.05, 4.69) is 5.32 Å². The highest BCUT2D eigenvalue weighted by Gasteiger charge is 2.41. The Labute approximate surface area is 110 Å². The fraction of sp³-hybridized carbons (Fsp3) is 0.917. The minimum atomic E-state index is -4.14. The average molecular weight is 280 g/mol. The molecule has 0 atom stereocenters. The average Bonchev–Trinajstić information content (AvgIpc) is 2.39. The lowest BCUT2D eigenvalue weighted by molar-refractivity contribution is -0.183. The van der Waals surface area contributed by atoms with Gasteiger partial charge >= 0.3 is 12.2 Å². The van der Waals surface area contributed by atoms with Crippen LogP contribution in [-0.2, 0) is 4.74 Å². The Bertz CT molecular complexity index is 309. The third kappa shape index (κ3) is 3.99. The number of rotatable bonds is 1. The van der Waals surface area contributed by atoms with Crippen LogP contribution in [0.1, 0.15) is 25.7 Å². The molecule has 7 heteroatoms. The number of halogens is 3. The third-order valence-electron chi connectivity index (χ3n) is 3.79. The van der Waals surface area contributed by atoms with Crippen LogP contribution >= 0.6 is 0 Å². The van der Waals surface area contributed by atoms with Gasteiger partial charge in [0.1, 0.15) is 0 Å². The first-order valence-electron chi connectivity index (χ1n) is 6.66. The molecule has 0 unspecified atom stereocenters. The van der Waals surface area contributed by atoms with Gasteiger partial charge < -0.3 is 15.0 Å². The smallest absolute Gasteiger partial charge is 0.381 e. The zero-order valence-corrected chi connectivity index (χ0v) is 10.7. The van der Waals surface area contributed by atoms with Crippen LogP contribution in [0.2, 0.25) is 0 Å². The predicted molar refractivity (Wildman–Crippen MR) is 62.7 cm³/mol. The highest BCUT2D eigenvalue weighted by molar-refractivity contribution is 5.74. The summed E-state index contributed by atoms with van der Waals surface area (Å²) in [6.45, 7) is 1.61. The van der Waals surface area contributed by atoms with Gasteiger partial charge in [0.15, 0.2) is 0 Å². The Balaban J connectivity index is 1.76. The van der Waals surface area contributed by atoms with E-state index in [0.29, 0.717) is 13.2 Å². The molecule has 0 aromatic heterocycles. The van der Waals surface area contributed by atoms with Gasteiger partial charge in [-0.1, -0.05) is 0 Å². The Morgan fingerprint density at radius 1 is 1.11 bits per heavy atom. The van der Waals surface area contributed by atoms with Gasteiger partial charge in [0.05, 0.1) is 5.92 Å². The van der Waals surface area contributed by atoms with E-state index in [0.717, 1.165) is 12.8 Å². The number of amides is 2. The number of ether oxygens (including phenoxy) is 1. The first-order chi connectivity index (χ1) is 8.97. The van der Waals surface area contributed by atoms with Crippen LogP contribution in [0.15, 0.2) is 0 Å². The summed E-state index contributed by atoms with van der Waals surface area (Å²) >= 11 is 0. The second-order valence-corrected chi connectivity index (χ2v) is 5.14. The van der Waals surface area contributed by atoms with Crippen LogP contribution in [0.25, 0.3) is 0 Å². The van der Waals surface area contributed by atoms with Crippen molar-refractivity contribution in [3.63, 3.8) is 0 Å². The number of carbonyl (C=O) groups excluding carboxylic acids is 1. The molecule has 0 aromatic carbocycles. The molecule has 0 spiro atoms. The summed E-state index contributed by atoms with van der Waals surface area (Å²) < 4.78 is 42.7.